The van der Waals surface area contributed by atoms with E-state index in [1.54, 1.807) is 0 Å². The Morgan fingerprint density at radius 1 is 1.24 bits per heavy atom. The summed E-state index contributed by atoms with van der Waals surface area (Å²) in [5.74, 6) is -0.176. The molecule has 2 nitrogen and oxygen atoms in total. The molecule has 0 fully saturated rings. The second kappa shape index (κ2) is 7.28. The summed E-state index contributed by atoms with van der Waals surface area (Å²) in [6, 6.07) is 7.26. The summed E-state index contributed by atoms with van der Waals surface area (Å²) in [6.45, 7) is 3.21. The molecule has 0 spiro atoms. The molecule has 1 unspecified atom stereocenters. The molecule has 1 N–H and O–H groups in total. The number of nitrogens with zero attached hydrogens (tertiary/aromatic N) is 1. The smallest absolute Gasteiger partial charge is 0.123 e. The lowest BCUT2D eigenvalue weighted by atomic mass is 10.1. The van der Waals surface area contributed by atoms with Gasteiger partial charge in [-0.1, -0.05) is 6.42 Å². The Balaban J connectivity index is 2.25. The molecule has 0 bridgehead atoms. The highest BCUT2D eigenvalue weighted by Gasteiger charge is 2.02. The van der Waals surface area contributed by atoms with Gasteiger partial charge < -0.3 is 10.2 Å². The molecule has 0 amide bonds. The average Bonchev–Trinajstić information content (AvgIpc) is 2.34. The zero-order chi connectivity index (χ0) is 12.7. The Labute approximate surface area is 104 Å². The summed E-state index contributed by atoms with van der Waals surface area (Å²) in [4.78, 5) is 2.17. The number of anilines is 1. The van der Waals surface area contributed by atoms with E-state index in [9.17, 15) is 4.39 Å². The van der Waals surface area contributed by atoms with Gasteiger partial charge in [0.05, 0.1) is 0 Å². The van der Waals surface area contributed by atoms with Gasteiger partial charge in [0.15, 0.2) is 0 Å². The van der Waals surface area contributed by atoms with Crippen molar-refractivity contribution < 1.29 is 4.39 Å². The van der Waals surface area contributed by atoms with Crippen LogP contribution < -0.4 is 10.2 Å². The summed E-state index contributed by atoms with van der Waals surface area (Å²) >= 11 is 0. The molecule has 1 aromatic carbocycles. The largest absolute Gasteiger partial charge is 0.375 e. The van der Waals surface area contributed by atoms with Gasteiger partial charge in [-0.3, -0.25) is 0 Å². The number of unbranched alkanes of at least 4 members (excludes halogenated alkanes) is 1. The minimum Gasteiger partial charge on any atom is -0.375 e. The van der Waals surface area contributed by atoms with Crippen molar-refractivity contribution in [3.05, 3.63) is 30.1 Å². The zero-order valence-corrected chi connectivity index (χ0v) is 11.0. The Hall–Kier alpha value is -1.09. The molecule has 3 heteroatoms. The fraction of sp³-hybridized carbons (Fsp3) is 0.571. The molecule has 0 radical (unpaired) electrons. The van der Waals surface area contributed by atoms with Crippen molar-refractivity contribution in [3.8, 4) is 0 Å². The standard InChI is InChI=1S/C14H23FN2/c1-12(16-2)6-4-5-11-17(3)14-9-7-13(15)8-10-14/h7-10,12,16H,4-6,11H2,1-3H3. The predicted octanol–water partition coefficient (Wildman–Crippen LogP) is 3.04. The van der Waals surface area contributed by atoms with Crippen molar-refractivity contribution in [2.24, 2.45) is 0 Å². The molecule has 0 saturated carbocycles. The molecule has 0 aliphatic carbocycles. The van der Waals surface area contributed by atoms with Gasteiger partial charge in [0.25, 0.3) is 0 Å². The van der Waals surface area contributed by atoms with Crippen molar-refractivity contribution >= 4 is 5.69 Å². The molecule has 1 aromatic rings. The van der Waals surface area contributed by atoms with Gasteiger partial charge in [0, 0.05) is 25.3 Å². The molecule has 0 aliphatic heterocycles. The summed E-state index contributed by atoms with van der Waals surface area (Å²) in [6.07, 6.45) is 3.58. The van der Waals surface area contributed by atoms with Crippen LogP contribution in [0.3, 0.4) is 0 Å². The number of halogens is 1. The van der Waals surface area contributed by atoms with Crippen LogP contribution in [0.1, 0.15) is 26.2 Å². The fourth-order valence-corrected chi connectivity index (χ4v) is 1.77. The molecule has 0 saturated heterocycles. The van der Waals surface area contributed by atoms with Gasteiger partial charge in [-0.15, -0.1) is 0 Å². The highest BCUT2D eigenvalue weighted by molar-refractivity contribution is 5.45. The Kier molecular flexibility index (Phi) is 5.98. The molecule has 0 heterocycles. The summed E-state index contributed by atoms with van der Waals surface area (Å²) in [5, 5.41) is 3.24. The minimum absolute atomic E-state index is 0.176. The van der Waals surface area contributed by atoms with Crippen molar-refractivity contribution in [2.45, 2.75) is 32.2 Å². The van der Waals surface area contributed by atoms with Crippen LogP contribution in [0.4, 0.5) is 10.1 Å². The first kappa shape index (κ1) is 14.0. The Morgan fingerprint density at radius 2 is 1.88 bits per heavy atom. The van der Waals surface area contributed by atoms with Gasteiger partial charge in [0.1, 0.15) is 5.82 Å². The van der Waals surface area contributed by atoms with Crippen molar-refractivity contribution in [1.82, 2.24) is 5.32 Å². The molecule has 0 aromatic heterocycles. The topological polar surface area (TPSA) is 15.3 Å². The number of hydrogen-bond donors (Lipinski definition) is 1. The van der Waals surface area contributed by atoms with E-state index in [1.165, 1.54) is 31.4 Å². The minimum atomic E-state index is -0.176. The third-order valence-corrected chi connectivity index (χ3v) is 3.14. The lowest BCUT2D eigenvalue weighted by molar-refractivity contribution is 0.528. The van der Waals surface area contributed by atoms with Crippen LogP contribution in [0.15, 0.2) is 24.3 Å². The Morgan fingerprint density at radius 3 is 2.47 bits per heavy atom. The van der Waals surface area contributed by atoms with E-state index in [0.29, 0.717) is 6.04 Å². The third kappa shape index (κ3) is 5.18. The van der Waals surface area contributed by atoms with Crippen LogP contribution in [0.2, 0.25) is 0 Å². The third-order valence-electron chi connectivity index (χ3n) is 3.14. The van der Waals surface area contributed by atoms with Crippen LogP contribution in [0.5, 0.6) is 0 Å². The van der Waals surface area contributed by atoms with E-state index in [-0.39, 0.29) is 5.82 Å². The summed E-state index contributed by atoms with van der Waals surface area (Å²) in [5.41, 5.74) is 1.08. The first-order valence-electron chi connectivity index (χ1n) is 6.27. The molecule has 0 aliphatic rings. The van der Waals surface area contributed by atoms with E-state index in [1.807, 2.05) is 19.2 Å². The molecule has 17 heavy (non-hydrogen) atoms. The van der Waals surface area contributed by atoms with Crippen molar-refractivity contribution in [3.63, 3.8) is 0 Å². The van der Waals surface area contributed by atoms with Crippen LogP contribution in [-0.4, -0.2) is 26.7 Å². The van der Waals surface area contributed by atoms with Gasteiger partial charge in [-0.05, 0) is 51.1 Å². The van der Waals surface area contributed by atoms with Crippen molar-refractivity contribution in [1.29, 1.82) is 0 Å². The van der Waals surface area contributed by atoms with E-state index in [0.717, 1.165) is 12.2 Å². The first-order chi connectivity index (χ1) is 8.13. The summed E-state index contributed by atoms with van der Waals surface area (Å²) < 4.78 is 12.8. The molecule has 96 valence electrons. The quantitative estimate of drug-likeness (QED) is 0.734. The fourth-order valence-electron chi connectivity index (χ4n) is 1.77. The van der Waals surface area contributed by atoms with Crippen LogP contribution >= 0.6 is 0 Å². The number of benzene rings is 1. The summed E-state index contributed by atoms with van der Waals surface area (Å²) in [7, 11) is 4.05. The van der Waals surface area contributed by atoms with Crippen molar-refractivity contribution in [2.75, 3.05) is 25.5 Å². The average molecular weight is 238 g/mol. The Bertz CT molecular complexity index is 311. The van der Waals surface area contributed by atoms with Gasteiger partial charge in [0.2, 0.25) is 0 Å². The second-order valence-corrected chi connectivity index (χ2v) is 4.58. The van der Waals surface area contributed by atoms with Crippen LogP contribution in [0, 0.1) is 5.82 Å². The lowest BCUT2D eigenvalue weighted by Gasteiger charge is -2.19. The van der Waals surface area contributed by atoms with Gasteiger partial charge in [-0.25, -0.2) is 4.39 Å². The maximum Gasteiger partial charge on any atom is 0.123 e. The molecule has 1 rings (SSSR count). The highest BCUT2D eigenvalue weighted by atomic mass is 19.1. The maximum atomic E-state index is 12.8. The van der Waals surface area contributed by atoms with Gasteiger partial charge >= 0.3 is 0 Å². The second-order valence-electron chi connectivity index (χ2n) is 4.58. The normalized spacial score (nSPS) is 12.5. The maximum absolute atomic E-state index is 12.8. The van der Waals surface area contributed by atoms with E-state index in [2.05, 4.69) is 24.2 Å². The molecule has 1 atom stereocenters. The van der Waals surface area contributed by atoms with Crippen LogP contribution in [0.25, 0.3) is 0 Å². The zero-order valence-electron chi connectivity index (χ0n) is 11.0. The number of nitrogens with one attached hydrogen (secondary N) is 1. The number of hydrogen-bond acceptors (Lipinski definition) is 2. The SMILES string of the molecule is CNC(C)CCCCN(C)c1ccc(F)cc1. The van der Waals surface area contributed by atoms with Gasteiger partial charge in [-0.2, -0.15) is 0 Å². The molecular weight excluding hydrogens is 215 g/mol. The highest BCUT2D eigenvalue weighted by Crippen LogP contribution is 2.14. The van der Waals surface area contributed by atoms with E-state index < -0.39 is 0 Å². The lowest BCUT2D eigenvalue weighted by Crippen LogP contribution is -2.22. The van der Waals surface area contributed by atoms with E-state index >= 15 is 0 Å². The number of rotatable bonds is 7. The predicted molar refractivity (Wildman–Crippen MR) is 72.0 cm³/mol. The molecular formula is C14H23FN2. The van der Waals surface area contributed by atoms with E-state index in [4.69, 9.17) is 0 Å². The first-order valence-corrected chi connectivity index (χ1v) is 6.27. The monoisotopic (exact) mass is 238 g/mol. The van der Waals surface area contributed by atoms with Crippen LogP contribution in [-0.2, 0) is 0 Å².